The number of hydrogen-bond acceptors (Lipinski definition) is 5. The molecule has 3 rings (SSSR count). The van der Waals surface area contributed by atoms with Crippen LogP contribution < -0.4 is 16.4 Å². The van der Waals surface area contributed by atoms with Gasteiger partial charge in [0.2, 0.25) is 5.91 Å². The fourth-order valence-corrected chi connectivity index (χ4v) is 4.08. The Kier molecular flexibility index (Phi) is 7.00. The van der Waals surface area contributed by atoms with Crippen molar-refractivity contribution in [1.82, 2.24) is 5.32 Å². The molecule has 2 aromatic carbocycles. The molecular weight excluding hydrogens is 413 g/mol. The van der Waals surface area contributed by atoms with Crippen molar-refractivity contribution in [2.24, 2.45) is 5.73 Å². The molecular formula is C21H23Cl2N3O3. The number of nitrogens with one attached hydrogen (secondary N) is 2. The molecule has 2 atom stereocenters. The summed E-state index contributed by atoms with van der Waals surface area (Å²) in [6.07, 6.45) is 1.25. The second-order valence-electron chi connectivity index (χ2n) is 6.95. The van der Waals surface area contributed by atoms with E-state index in [2.05, 4.69) is 10.6 Å². The number of rotatable bonds is 6. The van der Waals surface area contributed by atoms with Gasteiger partial charge >= 0.3 is 5.97 Å². The predicted molar refractivity (Wildman–Crippen MR) is 114 cm³/mol. The third-order valence-corrected chi connectivity index (χ3v) is 5.50. The number of benzene rings is 2. The maximum absolute atomic E-state index is 12.6. The van der Waals surface area contributed by atoms with Gasteiger partial charge in [0.25, 0.3) is 0 Å². The predicted octanol–water partition coefficient (Wildman–Crippen LogP) is 3.60. The highest BCUT2D eigenvalue weighted by atomic mass is 35.5. The van der Waals surface area contributed by atoms with Crippen LogP contribution in [0.5, 0.6) is 0 Å². The molecule has 1 heterocycles. The summed E-state index contributed by atoms with van der Waals surface area (Å²) in [4.78, 5) is 24.7. The van der Waals surface area contributed by atoms with Gasteiger partial charge in [-0.25, -0.2) is 4.79 Å². The smallest absolute Gasteiger partial charge is 0.328 e. The van der Waals surface area contributed by atoms with E-state index in [9.17, 15) is 9.59 Å². The van der Waals surface area contributed by atoms with E-state index in [1.165, 1.54) is 7.11 Å². The first-order valence-electron chi connectivity index (χ1n) is 9.31. The number of hydrogen-bond donors (Lipinski definition) is 3. The van der Waals surface area contributed by atoms with E-state index >= 15 is 0 Å². The molecule has 1 aliphatic rings. The number of aryl methyl sites for hydroxylation is 1. The molecule has 29 heavy (non-hydrogen) atoms. The van der Waals surface area contributed by atoms with Gasteiger partial charge in [0.05, 0.1) is 13.2 Å². The number of halogens is 2. The zero-order valence-corrected chi connectivity index (χ0v) is 17.5. The van der Waals surface area contributed by atoms with Crippen molar-refractivity contribution in [2.75, 3.05) is 12.4 Å². The number of amides is 1. The molecule has 6 nitrogen and oxygen atoms in total. The summed E-state index contributed by atoms with van der Waals surface area (Å²) in [5.74, 6) is -0.536. The quantitative estimate of drug-likeness (QED) is 0.602. The second-order valence-corrected chi connectivity index (χ2v) is 7.79. The highest BCUT2D eigenvalue weighted by Gasteiger charge is 2.34. The number of esters is 1. The number of carbonyl (C=O) groups is 2. The molecule has 8 heteroatoms. The Morgan fingerprint density at radius 1 is 1.21 bits per heavy atom. The zero-order chi connectivity index (χ0) is 21.0. The molecule has 0 spiro atoms. The molecule has 0 aliphatic carbocycles. The number of ether oxygens (including phenoxy) is 1. The first kappa shape index (κ1) is 21.4. The zero-order valence-electron chi connectivity index (χ0n) is 16.0. The standard InChI is InChI=1S/C21H23Cl2N3O3/c1-29-21(28)18-10-17(20-15(23)8-14(22)9-16(20)25-18)26-19(27)7-6-12-2-4-13(11-24)5-3-12/h2-5,8-9,17-18,25H,6-7,10-11,24H2,1H3,(H,26,27)/t17-,18+/m1/s1. The van der Waals surface area contributed by atoms with Gasteiger partial charge in [0, 0.05) is 40.7 Å². The van der Waals surface area contributed by atoms with Crippen LogP contribution in [0.2, 0.25) is 10.0 Å². The average Bonchev–Trinajstić information content (AvgIpc) is 2.71. The summed E-state index contributed by atoms with van der Waals surface area (Å²) in [5.41, 5.74) is 9.05. The van der Waals surface area contributed by atoms with Crippen molar-refractivity contribution < 1.29 is 14.3 Å². The van der Waals surface area contributed by atoms with Crippen LogP contribution >= 0.6 is 23.2 Å². The van der Waals surface area contributed by atoms with Crippen LogP contribution in [0.25, 0.3) is 0 Å². The van der Waals surface area contributed by atoms with Crippen molar-refractivity contribution in [3.63, 3.8) is 0 Å². The van der Waals surface area contributed by atoms with Gasteiger partial charge in [-0.1, -0.05) is 47.5 Å². The lowest BCUT2D eigenvalue weighted by molar-refractivity contribution is -0.142. The molecule has 1 aliphatic heterocycles. The Morgan fingerprint density at radius 3 is 2.55 bits per heavy atom. The second kappa shape index (κ2) is 9.48. The lowest BCUT2D eigenvalue weighted by Gasteiger charge is -2.33. The van der Waals surface area contributed by atoms with Gasteiger partial charge in [-0.3, -0.25) is 4.79 Å². The Bertz CT molecular complexity index is 903. The lowest BCUT2D eigenvalue weighted by atomic mass is 9.92. The van der Waals surface area contributed by atoms with Crippen LogP contribution in [0.1, 0.15) is 35.6 Å². The number of anilines is 1. The van der Waals surface area contributed by atoms with Crippen LogP contribution in [-0.2, 0) is 27.3 Å². The highest BCUT2D eigenvalue weighted by Crippen LogP contribution is 2.40. The van der Waals surface area contributed by atoms with Crippen molar-refractivity contribution in [1.29, 1.82) is 0 Å². The lowest BCUT2D eigenvalue weighted by Crippen LogP contribution is -2.41. The van der Waals surface area contributed by atoms with Crippen LogP contribution in [0.4, 0.5) is 5.69 Å². The average molecular weight is 436 g/mol. The molecule has 1 amide bonds. The fourth-order valence-electron chi connectivity index (χ4n) is 3.45. The molecule has 0 unspecified atom stereocenters. The Labute approximate surface area is 179 Å². The molecule has 0 aromatic heterocycles. The molecule has 2 aromatic rings. The summed E-state index contributed by atoms with van der Waals surface area (Å²) < 4.78 is 4.85. The molecule has 0 saturated heterocycles. The van der Waals surface area contributed by atoms with Crippen LogP contribution in [-0.4, -0.2) is 25.0 Å². The Morgan fingerprint density at radius 2 is 1.90 bits per heavy atom. The van der Waals surface area contributed by atoms with Gasteiger partial charge in [0.15, 0.2) is 0 Å². The number of carbonyl (C=O) groups excluding carboxylic acids is 2. The minimum absolute atomic E-state index is 0.125. The molecule has 0 saturated carbocycles. The molecule has 0 fully saturated rings. The molecule has 0 radical (unpaired) electrons. The minimum atomic E-state index is -0.601. The largest absolute Gasteiger partial charge is 0.467 e. The van der Waals surface area contributed by atoms with E-state index in [0.717, 1.165) is 16.7 Å². The van der Waals surface area contributed by atoms with E-state index in [1.54, 1.807) is 12.1 Å². The summed E-state index contributed by atoms with van der Waals surface area (Å²) in [6.45, 7) is 0.488. The number of nitrogens with two attached hydrogens (primary N) is 1. The molecule has 0 bridgehead atoms. The highest BCUT2D eigenvalue weighted by molar-refractivity contribution is 6.35. The first-order chi connectivity index (χ1) is 13.9. The summed E-state index contributed by atoms with van der Waals surface area (Å²) in [5, 5.41) is 6.98. The van der Waals surface area contributed by atoms with Crippen LogP contribution in [0.3, 0.4) is 0 Å². The molecule has 4 N–H and O–H groups in total. The number of fused-ring (bicyclic) bond motifs is 1. The van der Waals surface area contributed by atoms with Gasteiger partial charge < -0.3 is 21.1 Å². The van der Waals surface area contributed by atoms with E-state index in [1.807, 2.05) is 24.3 Å². The summed E-state index contributed by atoms with van der Waals surface area (Å²) >= 11 is 12.5. The topological polar surface area (TPSA) is 93.5 Å². The SMILES string of the molecule is COC(=O)[C@@H]1C[C@@H](NC(=O)CCc2ccc(CN)cc2)c2c(Cl)cc(Cl)cc2N1. The Balaban J connectivity index is 1.72. The van der Waals surface area contributed by atoms with Gasteiger partial charge in [-0.2, -0.15) is 0 Å². The van der Waals surface area contributed by atoms with Crippen molar-refractivity contribution >= 4 is 40.8 Å². The van der Waals surface area contributed by atoms with Gasteiger partial charge in [-0.15, -0.1) is 0 Å². The minimum Gasteiger partial charge on any atom is -0.467 e. The molecule has 154 valence electrons. The van der Waals surface area contributed by atoms with E-state index in [4.69, 9.17) is 33.7 Å². The summed E-state index contributed by atoms with van der Waals surface area (Å²) in [7, 11) is 1.33. The van der Waals surface area contributed by atoms with Gasteiger partial charge in [-0.05, 0) is 29.7 Å². The third kappa shape index (κ3) is 5.21. The van der Waals surface area contributed by atoms with Crippen LogP contribution in [0.15, 0.2) is 36.4 Å². The first-order valence-corrected chi connectivity index (χ1v) is 10.1. The normalized spacial score (nSPS) is 17.8. The van der Waals surface area contributed by atoms with Gasteiger partial charge in [0.1, 0.15) is 6.04 Å². The monoisotopic (exact) mass is 435 g/mol. The summed E-state index contributed by atoms with van der Waals surface area (Å²) in [6, 6.07) is 10.2. The fraction of sp³-hybridized carbons (Fsp3) is 0.333. The number of methoxy groups -OCH3 is 1. The third-order valence-electron chi connectivity index (χ3n) is 4.96. The van der Waals surface area contributed by atoms with Crippen molar-refractivity contribution in [3.05, 3.63) is 63.1 Å². The van der Waals surface area contributed by atoms with Crippen molar-refractivity contribution in [2.45, 2.75) is 37.9 Å². The van der Waals surface area contributed by atoms with Crippen LogP contribution in [0, 0.1) is 0 Å². The van der Waals surface area contributed by atoms with E-state index < -0.39 is 18.1 Å². The van der Waals surface area contributed by atoms with E-state index in [0.29, 0.717) is 41.5 Å². The Hall–Kier alpha value is -2.28. The maximum atomic E-state index is 12.6. The van der Waals surface area contributed by atoms with E-state index in [-0.39, 0.29) is 5.91 Å². The maximum Gasteiger partial charge on any atom is 0.328 e. The van der Waals surface area contributed by atoms with Crippen molar-refractivity contribution in [3.8, 4) is 0 Å².